The van der Waals surface area contributed by atoms with Crippen molar-refractivity contribution in [3.05, 3.63) is 59.7 Å². The molecule has 0 saturated carbocycles. The average Bonchev–Trinajstić information content (AvgIpc) is 2.52. The van der Waals surface area contributed by atoms with E-state index in [0.29, 0.717) is 5.56 Å². The lowest BCUT2D eigenvalue weighted by Gasteiger charge is -2.21. The van der Waals surface area contributed by atoms with Crippen molar-refractivity contribution in [2.24, 2.45) is 0 Å². The molecule has 0 fully saturated rings. The number of para-hydroxylation sites is 1. The molecule has 2 aromatic rings. The van der Waals surface area contributed by atoms with E-state index in [1.54, 1.807) is 13.2 Å². The number of nitrogens with zero attached hydrogens (tertiary/aromatic N) is 1. The molecule has 0 radical (unpaired) electrons. The second kappa shape index (κ2) is 6.63. The highest BCUT2D eigenvalue weighted by Crippen LogP contribution is 2.30. The van der Waals surface area contributed by atoms with E-state index < -0.39 is 0 Å². The number of nitrogens with one attached hydrogen (secondary N) is 1. The van der Waals surface area contributed by atoms with Crippen LogP contribution in [0.5, 0.6) is 5.75 Å². The molecule has 0 aliphatic carbocycles. The summed E-state index contributed by atoms with van der Waals surface area (Å²) in [7, 11) is 1.68. The minimum Gasteiger partial charge on any atom is -0.496 e. The van der Waals surface area contributed by atoms with Crippen LogP contribution in [0.15, 0.2) is 48.5 Å². The SMILES string of the molecule is CCC(Nc1cccc(C#N)c1)c1ccccc1OC. The molecule has 1 atom stereocenters. The van der Waals surface area contributed by atoms with E-state index in [1.807, 2.05) is 36.4 Å². The van der Waals surface area contributed by atoms with Gasteiger partial charge in [-0.3, -0.25) is 0 Å². The molecule has 102 valence electrons. The summed E-state index contributed by atoms with van der Waals surface area (Å²) >= 11 is 0. The lowest BCUT2D eigenvalue weighted by Crippen LogP contribution is -2.11. The van der Waals surface area contributed by atoms with E-state index in [4.69, 9.17) is 10.00 Å². The molecule has 20 heavy (non-hydrogen) atoms. The third kappa shape index (κ3) is 3.10. The van der Waals surface area contributed by atoms with Crippen molar-refractivity contribution in [3.8, 4) is 11.8 Å². The Morgan fingerprint density at radius 3 is 2.70 bits per heavy atom. The highest BCUT2D eigenvalue weighted by molar-refractivity contribution is 5.51. The zero-order valence-corrected chi connectivity index (χ0v) is 11.8. The monoisotopic (exact) mass is 266 g/mol. The van der Waals surface area contributed by atoms with Crippen LogP contribution in [0, 0.1) is 11.3 Å². The highest BCUT2D eigenvalue weighted by Gasteiger charge is 2.13. The van der Waals surface area contributed by atoms with Crippen LogP contribution >= 0.6 is 0 Å². The lowest BCUT2D eigenvalue weighted by molar-refractivity contribution is 0.406. The molecule has 0 aliphatic rings. The van der Waals surface area contributed by atoms with Crippen LogP contribution in [0.2, 0.25) is 0 Å². The summed E-state index contributed by atoms with van der Waals surface area (Å²) in [6.45, 7) is 2.12. The molecule has 3 nitrogen and oxygen atoms in total. The highest BCUT2D eigenvalue weighted by atomic mass is 16.5. The number of rotatable bonds is 5. The van der Waals surface area contributed by atoms with E-state index in [9.17, 15) is 0 Å². The van der Waals surface area contributed by atoms with E-state index >= 15 is 0 Å². The average molecular weight is 266 g/mol. The predicted octanol–water partition coefficient (Wildman–Crippen LogP) is 4.13. The molecule has 0 saturated heterocycles. The molecule has 0 bridgehead atoms. The summed E-state index contributed by atoms with van der Waals surface area (Å²) in [6.07, 6.45) is 0.928. The minimum atomic E-state index is 0.153. The lowest BCUT2D eigenvalue weighted by atomic mass is 10.0. The topological polar surface area (TPSA) is 45.0 Å². The Bertz CT molecular complexity index is 616. The molecule has 1 N–H and O–H groups in total. The fourth-order valence-electron chi connectivity index (χ4n) is 2.23. The first-order valence-corrected chi connectivity index (χ1v) is 6.68. The van der Waals surface area contributed by atoms with Gasteiger partial charge in [-0.1, -0.05) is 31.2 Å². The van der Waals surface area contributed by atoms with Gasteiger partial charge in [0.2, 0.25) is 0 Å². The van der Waals surface area contributed by atoms with E-state index in [-0.39, 0.29) is 6.04 Å². The Labute approximate surface area is 119 Å². The molecule has 0 heterocycles. The van der Waals surface area contributed by atoms with Gasteiger partial charge in [0.05, 0.1) is 24.8 Å². The van der Waals surface area contributed by atoms with Crippen LogP contribution in [0.25, 0.3) is 0 Å². The van der Waals surface area contributed by atoms with Crippen molar-refractivity contribution in [1.29, 1.82) is 5.26 Å². The first-order valence-electron chi connectivity index (χ1n) is 6.68. The summed E-state index contributed by atoms with van der Waals surface area (Å²) in [5.41, 5.74) is 2.73. The van der Waals surface area contributed by atoms with Gasteiger partial charge in [0.25, 0.3) is 0 Å². The minimum absolute atomic E-state index is 0.153. The first-order chi connectivity index (χ1) is 9.78. The number of benzene rings is 2. The van der Waals surface area contributed by atoms with Crippen LogP contribution in [0.4, 0.5) is 5.69 Å². The number of nitriles is 1. The molecule has 2 aromatic carbocycles. The molecule has 0 spiro atoms. The van der Waals surface area contributed by atoms with E-state index in [0.717, 1.165) is 23.4 Å². The van der Waals surface area contributed by atoms with Crippen LogP contribution < -0.4 is 10.1 Å². The molecule has 1 unspecified atom stereocenters. The maximum absolute atomic E-state index is 8.95. The van der Waals surface area contributed by atoms with E-state index in [2.05, 4.69) is 24.4 Å². The Hall–Kier alpha value is -2.47. The molecule has 2 rings (SSSR count). The fourth-order valence-corrected chi connectivity index (χ4v) is 2.23. The second-order valence-electron chi connectivity index (χ2n) is 4.54. The number of hydrogen-bond acceptors (Lipinski definition) is 3. The largest absolute Gasteiger partial charge is 0.496 e. The van der Waals surface area contributed by atoms with Gasteiger partial charge >= 0.3 is 0 Å². The van der Waals surface area contributed by atoms with Gasteiger partial charge in [-0.25, -0.2) is 0 Å². The maximum atomic E-state index is 8.95. The number of anilines is 1. The Kier molecular flexibility index (Phi) is 4.62. The number of ether oxygens (including phenoxy) is 1. The summed E-state index contributed by atoms with van der Waals surface area (Å²) in [5, 5.41) is 12.4. The van der Waals surface area contributed by atoms with Crippen molar-refractivity contribution >= 4 is 5.69 Å². The first kappa shape index (κ1) is 14.0. The normalized spacial score (nSPS) is 11.4. The zero-order chi connectivity index (χ0) is 14.4. The Morgan fingerprint density at radius 1 is 1.20 bits per heavy atom. The van der Waals surface area contributed by atoms with Crippen LogP contribution in [-0.2, 0) is 0 Å². The summed E-state index contributed by atoms with van der Waals surface area (Å²) in [5.74, 6) is 0.878. The van der Waals surface area contributed by atoms with Gasteiger partial charge in [0.1, 0.15) is 5.75 Å². The maximum Gasteiger partial charge on any atom is 0.124 e. The molecule has 0 aliphatic heterocycles. The van der Waals surface area contributed by atoms with Crippen molar-refractivity contribution < 1.29 is 4.74 Å². The number of hydrogen-bond donors (Lipinski definition) is 1. The van der Waals surface area contributed by atoms with Crippen molar-refractivity contribution in [3.63, 3.8) is 0 Å². The molecular formula is C17H18N2O. The van der Waals surface area contributed by atoms with Crippen molar-refractivity contribution in [2.75, 3.05) is 12.4 Å². The number of methoxy groups -OCH3 is 1. The summed E-state index contributed by atoms with van der Waals surface area (Å²) in [6, 6.07) is 17.8. The third-order valence-electron chi connectivity index (χ3n) is 3.26. The molecule has 3 heteroatoms. The smallest absolute Gasteiger partial charge is 0.124 e. The van der Waals surface area contributed by atoms with Gasteiger partial charge < -0.3 is 10.1 Å². The quantitative estimate of drug-likeness (QED) is 0.885. The van der Waals surface area contributed by atoms with Gasteiger partial charge in [-0.05, 0) is 30.7 Å². The Morgan fingerprint density at radius 2 is 2.00 bits per heavy atom. The van der Waals surface area contributed by atoms with Gasteiger partial charge in [0.15, 0.2) is 0 Å². The fraction of sp³-hybridized carbons (Fsp3) is 0.235. The van der Waals surface area contributed by atoms with Gasteiger partial charge in [-0.2, -0.15) is 5.26 Å². The van der Waals surface area contributed by atoms with Crippen molar-refractivity contribution in [2.45, 2.75) is 19.4 Å². The van der Waals surface area contributed by atoms with Crippen molar-refractivity contribution in [1.82, 2.24) is 0 Å². The van der Waals surface area contributed by atoms with Gasteiger partial charge in [0, 0.05) is 11.3 Å². The van der Waals surface area contributed by atoms with E-state index in [1.165, 1.54) is 0 Å². The Balaban J connectivity index is 2.26. The van der Waals surface area contributed by atoms with Crippen LogP contribution in [0.1, 0.15) is 30.5 Å². The van der Waals surface area contributed by atoms with Crippen LogP contribution in [0.3, 0.4) is 0 Å². The summed E-state index contributed by atoms with van der Waals surface area (Å²) < 4.78 is 5.42. The van der Waals surface area contributed by atoms with Crippen LogP contribution in [-0.4, -0.2) is 7.11 Å². The molecular weight excluding hydrogens is 248 g/mol. The predicted molar refractivity (Wildman–Crippen MR) is 80.8 cm³/mol. The summed E-state index contributed by atoms with van der Waals surface area (Å²) in [4.78, 5) is 0. The second-order valence-corrected chi connectivity index (χ2v) is 4.54. The standard InChI is InChI=1S/C17H18N2O/c1-3-16(15-9-4-5-10-17(15)20-2)19-14-8-6-7-13(11-14)12-18/h4-11,16,19H,3H2,1-2H3. The third-order valence-corrected chi connectivity index (χ3v) is 3.26. The zero-order valence-electron chi connectivity index (χ0n) is 11.8. The molecule has 0 amide bonds. The van der Waals surface area contributed by atoms with Gasteiger partial charge in [-0.15, -0.1) is 0 Å². The molecule has 0 aromatic heterocycles.